The minimum Gasteiger partial charge on any atom is -0.494 e. The fourth-order valence-electron chi connectivity index (χ4n) is 2.16. The summed E-state index contributed by atoms with van der Waals surface area (Å²) in [5.41, 5.74) is 2.72. The zero-order valence-electron chi connectivity index (χ0n) is 14.7. The number of ether oxygens (including phenoxy) is 1. The Bertz CT molecular complexity index is 690. The summed E-state index contributed by atoms with van der Waals surface area (Å²) >= 11 is 0. The van der Waals surface area contributed by atoms with Crippen molar-refractivity contribution in [2.45, 2.75) is 20.8 Å². The van der Waals surface area contributed by atoms with Gasteiger partial charge >= 0.3 is 6.03 Å². The van der Waals surface area contributed by atoms with Crippen molar-refractivity contribution >= 4 is 23.4 Å². The molecule has 2 amide bonds. The van der Waals surface area contributed by atoms with Gasteiger partial charge in [0.2, 0.25) is 5.95 Å². The first-order chi connectivity index (χ1) is 11.4. The molecule has 0 aliphatic heterocycles. The van der Waals surface area contributed by atoms with Gasteiger partial charge < -0.3 is 20.3 Å². The predicted octanol–water partition coefficient (Wildman–Crippen LogP) is 3.20. The van der Waals surface area contributed by atoms with Crippen molar-refractivity contribution in [1.29, 1.82) is 0 Å². The van der Waals surface area contributed by atoms with Gasteiger partial charge in [0.25, 0.3) is 0 Å². The van der Waals surface area contributed by atoms with Crippen molar-refractivity contribution in [1.82, 2.24) is 9.97 Å². The Morgan fingerprint density at radius 3 is 2.17 bits per heavy atom. The molecule has 0 radical (unpaired) electrons. The molecule has 1 heterocycles. The van der Waals surface area contributed by atoms with Gasteiger partial charge in [0.15, 0.2) is 0 Å². The van der Waals surface area contributed by atoms with E-state index in [-0.39, 0.29) is 6.03 Å². The van der Waals surface area contributed by atoms with Gasteiger partial charge in [-0.2, -0.15) is 0 Å². The van der Waals surface area contributed by atoms with Gasteiger partial charge in [-0.1, -0.05) is 0 Å². The molecule has 1 aromatic heterocycles. The molecule has 0 spiro atoms. The van der Waals surface area contributed by atoms with Crippen LogP contribution >= 0.6 is 0 Å². The molecule has 0 saturated carbocycles. The first-order valence-corrected chi connectivity index (χ1v) is 7.74. The first-order valence-electron chi connectivity index (χ1n) is 7.74. The summed E-state index contributed by atoms with van der Waals surface area (Å²) in [4.78, 5) is 22.8. The van der Waals surface area contributed by atoms with Crippen molar-refractivity contribution in [2.75, 3.05) is 36.2 Å². The monoisotopic (exact) mass is 329 g/mol. The largest absolute Gasteiger partial charge is 0.494 e. The Kier molecular flexibility index (Phi) is 5.57. The molecule has 1 aromatic carbocycles. The van der Waals surface area contributed by atoms with E-state index in [0.29, 0.717) is 35.3 Å². The topological polar surface area (TPSA) is 79.4 Å². The summed E-state index contributed by atoms with van der Waals surface area (Å²) in [6, 6.07) is 6.85. The van der Waals surface area contributed by atoms with Crippen LogP contribution in [-0.2, 0) is 0 Å². The molecule has 0 saturated heterocycles. The second-order valence-electron chi connectivity index (χ2n) is 5.50. The number of carbonyl (C=O) groups excluding carboxylic acids is 1. The van der Waals surface area contributed by atoms with Gasteiger partial charge in [-0.25, -0.2) is 14.8 Å². The standard InChI is InChI=1S/C17H23N5O2/c1-6-24-14-9-7-13(8-10-14)20-17(23)21-15-11(2)18-16(22(4)5)19-12(15)3/h7-10H,6H2,1-5H3,(H2,20,21,23). The number of nitrogens with zero attached hydrogens (tertiary/aromatic N) is 3. The Morgan fingerprint density at radius 2 is 1.67 bits per heavy atom. The van der Waals surface area contributed by atoms with Crippen LogP contribution in [-0.4, -0.2) is 36.7 Å². The summed E-state index contributed by atoms with van der Waals surface area (Å²) in [5.74, 6) is 1.38. The molecular weight excluding hydrogens is 306 g/mol. The van der Waals surface area contributed by atoms with E-state index in [4.69, 9.17) is 4.74 Å². The van der Waals surface area contributed by atoms with Gasteiger partial charge in [0.1, 0.15) is 5.75 Å². The molecule has 0 aliphatic rings. The van der Waals surface area contributed by atoms with Gasteiger partial charge in [0, 0.05) is 19.8 Å². The highest BCUT2D eigenvalue weighted by molar-refractivity contribution is 6.00. The van der Waals surface area contributed by atoms with Gasteiger partial charge in [0.05, 0.1) is 23.7 Å². The van der Waals surface area contributed by atoms with E-state index in [9.17, 15) is 4.79 Å². The van der Waals surface area contributed by atoms with E-state index in [1.807, 2.05) is 51.9 Å². The maximum Gasteiger partial charge on any atom is 0.323 e. The number of aromatic nitrogens is 2. The van der Waals surface area contributed by atoms with Gasteiger partial charge in [-0.05, 0) is 45.0 Å². The third kappa shape index (κ3) is 4.34. The Hall–Kier alpha value is -2.83. The maximum absolute atomic E-state index is 12.2. The number of carbonyl (C=O) groups is 1. The van der Waals surface area contributed by atoms with Crippen LogP contribution in [0.4, 0.5) is 22.1 Å². The molecule has 0 unspecified atom stereocenters. The average molecular weight is 329 g/mol. The van der Waals surface area contributed by atoms with Crippen LogP contribution in [0.5, 0.6) is 5.75 Å². The normalized spacial score (nSPS) is 10.2. The maximum atomic E-state index is 12.2. The van der Waals surface area contributed by atoms with Crippen LogP contribution in [0.1, 0.15) is 18.3 Å². The van der Waals surface area contributed by atoms with Crippen LogP contribution in [0.2, 0.25) is 0 Å². The zero-order chi connectivity index (χ0) is 17.7. The Morgan fingerprint density at radius 1 is 1.08 bits per heavy atom. The lowest BCUT2D eigenvalue weighted by atomic mass is 10.3. The molecule has 24 heavy (non-hydrogen) atoms. The summed E-state index contributed by atoms with van der Waals surface area (Å²) < 4.78 is 5.37. The zero-order valence-corrected chi connectivity index (χ0v) is 14.7. The molecule has 0 fully saturated rings. The number of rotatable bonds is 5. The van der Waals surface area contributed by atoms with Crippen molar-refractivity contribution in [2.24, 2.45) is 0 Å². The lowest BCUT2D eigenvalue weighted by molar-refractivity contribution is 0.262. The quantitative estimate of drug-likeness (QED) is 0.880. The number of hydrogen-bond acceptors (Lipinski definition) is 5. The lowest BCUT2D eigenvalue weighted by Gasteiger charge is -2.16. The number of hydrogen-bond donors (Lipinski definition) is 2. The molecule has 2 rings (SSSR count). The minimum atomic E-state index is -0.341. The number of urea groups is 1. The Labute approximate surface area is 142 Å². The molecule has 0 bridgehead atoms. The van der Waals surface area contributed by atoms with Crippen LogP contribution in [0.15, 0.2) is 24.3 Å². The van der Waals surface area contributed by atoms with E-state index in [1.165, 1.54) is 0 Å². The number of benzene rings is 1. The summed E-state index contributed by atoms with van der Waals surface area (Å²) in [5, 5.41) is 5.59. The molecule has 2 aromatic rings. The van der Waals surface area contributed by atoms with Crippen molar-refractivity contribution in [3.63, 3.8) is 0 Å². The molecule has 0 atom stereocenters. The number of anilines is 3. The van der Waals surface area contributed by atoms with Crippen LogP contribution in [0.25, 0.3) is 0 Å². The molecular formula is C17H23N5O2. The number of amides is 2. The third-order valence-electron chi connectivity index (χ3n) is 3.32. The van der Waals surface area contributed by atoms with E-state index in [2.05, 4.69) is 20.6 Å². The smallest absolute Gasteiger partial charge is 0.323 e. The Balaban J connectivity index is 2.07. The SMILES string of the molecule is CCOc1ccc(NC(=O)Nc2c(C)nc(N(C)C)nc2C)cc1. The molecule has 2 N–H and O–H groups in total. The number of aryl methyl sites for hydroxylation is 2. The lowest BCUT2D eigenvalue weighted by Crippen LogP contribution is -2.22. The van der Waals surface area contributed by atoms with Crippen LogP contribution in [0.3, 0.4) is 0 Å². The van der Waals surface area contributed by atoms with Crippen LogP contribution < -0.4 is 20.3 Å². The summed E-state index contributed by atoms with van der Waals surface area (Å²) in [7, 11) is 3.75. The highest BCUT2D eigenvalue weighted by Crippen LogP contribution is 2.20. The summed E-state index contributed by atoms with van der Waals surface area (Å²) in [6.07, 6.45) is 0. The van der Waals surface area contributed by atoms with E-state index < -0.39 is 0 Å². The highest BCUT2D eigenvalue weighted by Gasteiger charge is 2.12. The second kappa shape index (κ2) is 7.63. The number of nitrogens with one attached hydrogen (secondary N) is 2. The van der Waals surface area contributed by atoms with Crippen molar-refractivity contribution in [3.05, 3.63) is 35.7 Å². The third-order valence-corrected chi connectivity index (χ3v) is 3.32. The van der Waals surface area contributed by atoms with E-state index in [0.717, 1.165) is 5.75 Å². The summed E-state index contributed by atoms with van der Waals surface area (Å²) in [6.45, 7) is 6.21. The second-order valence-corrected chi connectivity index (χ2v) is 5.50. The van der Waals surface area contributed by atoms with Crippen molar-refractivity contribution < 1.29 is 9.53 Å². The average Bonchev–Trinajstić information content (AvgIpc) is 2.52. The molecule has 128 valence electrons. The minimum absolute atomic E-state index is 0.341. The van der Waals surface area contributed by atoms with Crippen molar-refractivity contribution in [3.8, 4) is 5.75 Å². The van der Waals surface area contributed by atoms with Gasteiger partial charge in [-0.3, -0.25) is 0 Å². The first kappa shape index (κ1) is 17.5. The van der Waals surface area contributed by atoms with Gasteiger partial charge in [-0.15, -0.1) is 0 Å². The fourth-order valence-corrected chi connectivity index (χ4v) is 2.16. The fraction of sp³-hybridized carbons (Fsp3) is 0.353. The molecule has 7 nitrogen and oxygen atoms in total. The highest BCUT2D eigenvalue weighted by atomic mass is 16.5. The molecule has 7 heteroatoms. The van der Waals surface area contributed by atoms with E-state index in [1.54, 1.807) is 12.1 Å². The van der Waals surface area contributed by atoms with Crippen LogP contribution in [0, 0.1) is 13.8 Å². The predicted molar refractivity (Wildman–Crippen MR) is 96.1 cm³/mol. The molecule has 0 aliphatic carbocycles. The van der Waals surface area contributed by atoms with E-state index >= 15 is 0 Å².